The second kappa shape index (κ2) is 18.6. The lowest BCUT2D eigenvalue weighted by molar-refractivity contribution is 0.283. The maximum Gasteiger partial charge on any atom is 0.0431 e. The molecule has 0 rings (SSSR count). The van der Waals surface area contributed by atoms with Crippen molar-refractivity contribution in [2.24, 2.45) is 11.5 Å². The summed E-state index contributed by atoms with van der Waals surface area (Å²) in [6.45, 7) is 4.12. The highest BCUT2D eigenvalue weighted by molar-refractivity contribution is 4.39. The van der Waals surface area contributed by atoms with Crippen LogP contribution in [0.3, 0.4) is 0 Å². The van der Waals surface area contributed by atoms with E-state index in [0.717, 1.165) is 32.4 Å². The summed E-state index contributed by atoms with van der Waals surface area (Å²) in [5.41, 5.74) is 10.5. The third kappa shape index (κ3) is 22.6. The molecule has 0 bridgehead atoms. The van der Waals surface area contributed by atoms with Crippen molar-refractivity contribution in [2.75, 3.05) is 19.7 Å². The van der Waals surface area contributed by atoms with Crippen LogP contribution in [0.25, 0.3) is 0 Å². The molecule has 3 heteroatoms. The van der Waals surface area contributed by atoms with Crippen LogP contribution in [-0.2, 0) is 0 Å². The molecule has 0 unspecified atom stereocenters. The lowest BCUT2D eigenvalue weighted by Gasteiger charge is -1.90. The first-order valence-electron chi connectivity index (χ1n) is 5.84. The van der Waals surface area contributed by atoms with E-state index in [9.17, 15) is 0 Å². The molecule has 0 fully saturated rings. The highest BCUT2D eigenvalue weighted by atomic mass is 16.2. The molecule has 0 aromatic carbocycles. The van der Waals surface area contributed by atoms with Gasteiger partial charge in [-0.2, -0.15) is 0 Å². The van der Waals surface area contributed by atoms with Crippen LogP contribution in [0.1, 0.15) is 51.9 Å². The minimum atomic E-state index is 0.306. The van der Waals surface area contributed by atoms with Crippen LogP contribution < -0.4 is 11.5 Å². The Hall–Kier alpha value is -0.120. The Kier molecular flexibility index (Phi) is 21.7. The zero-order chi connectivity index (χ0) is 11.1. The van der Waals surface area contributed by atoms with E-state index < -0.39 is 0 Å². The molecule has 14 heavy (non-hydrogen) atoms. The molecule has 0 spiro atoms. The topological polar surface area (TPSA) is 72.3 Å². The number of nitrogens with two attached hydrogens (primary N) is 2. The summed E-state index contributed by atoms with van der Waals surface area (Å²) >= 11 is 0. The van der Waals surface area contributed by atoms with Gasteiger partial charge < -0.3 is 16.6 Å². The van der Waals surface area contributed by atoms with Gasteiger partial charge >= 0.3 is 0 Å². The Bertz CT molecular complexity index is 61.7. The molecule has 0 heterocycles. The Morgan fingerprint density at radius 1 is 0.786 bits per heavy atom. The molecule has 0 amide bonds. The Morgan fingerprint density at radius 2 is 1.29 bits per heavy atom. The van der Waals surface area contributed by atoms with E-state index in [0.29, 0.717) is 6.61 Å². The summed E-state index contributed by atoms with van der Waals surface area (Å²) in [7, 11) is 0. The van der Waals surface area contributed by atoms with Crippen LogP contribution in [-0.4, -0.2) is 24.8 Å². The minimum Gasteiger partial charge on any atom is -0.396 e. The number of aliphatic hydroxyl groups excluding tert-OH is 1. The largest absolute Gasteiger partial charge is 0.396 e. The second-order valence-electron chi connectivity index (χ2n) is 3.42. The first kappa shape index (κ1) is 16.3. The molecular formula is C11H28N2O. The van der Waals surface area contributed by atoms with Gasteiger partial charge in [-0.3, -0.25) is 0 Å². The maximum absolute atomic E-state index is 8.25. The summed E-state index contributed by atoms with van der Waals surface area (Å²) in [4.78, 5) is 0. The fourth-order valence-electron chi connectivity index (χ4n) is 1.00. The Balaban J connectivity index is 0. The zero-order valence-electron chi connectivity index (χ0n) is 9.67. The Morgan fingerprint density at radius 3 is 1.64 bits per heavy atom. The molecule has 0 aliphatic rings. The molecule has 0 saturated heterocycles. The van der Waals surface area contributed by atoms with Crippen LogP contribution in [0.15, 0.2) is 0 Å². The zero-order valence-corrected chi connectivity index (χ0v) is 9.67. The first-order chi connectivity index (χ1) is 6.83. The Labute approximate surface area is 88.9 Å². The molecule has 0 aliphatic carbocycles. The van der Waals surface area contributed by atoms with Gasteiger partial charge in [-0.25, -0.2) is 0 Å². The van der Waals surface area contributed by atoms with Crippen LogP contribution in [0, 0.1) is 0 Å². The SMILES string of the molecule is CCCCCCN.NCCCCCO. The number of unbranched alkanes of at least 4 members (excludes halogenated alkanes) is 5. The highest BCUT2D eigenvalue weighted by Crippen LogP contribution is 1.95. The van der Waals surface area contributed by atoms with Gasteiger partial charge in [0.25, 0.3) is 0 Å². The third-order valence-corrected chi connectivity index (χ3v) is 1.92. The monoisotopic (exact) mass is 204 g/mol. The molecule has 0 radical (unpaired) electrons. The van der Waals surface area contributed by atoms with Crippen LogP contribution in [0.2, 0.25) is 0 Å². The van der Waals surface area contributed by atoms with Gasteiger partial charge in [0.2, 0.25) is 0 Å². The van der Waals surface area contributed by atoms with E-state index in [-0.39, 0.29) is 0 Å². The average Bonchev–Trinajstić information content (AvgIpc) is 2.21. The first-order valence-corrected chi connectivity index (χ1v) is 5.84. The summed E-state index contributed by atoms with van der Waals surface area (Å²) in [5.74, 6) is 0. The fraction of sp³-hybridized carbons (Fsp3) is 1.00. The average molecular weight is 204 g/mol. The van der Waals surface area contributed by atoms with Gasteiger partial charge in [-0.1, -0.05) is 26.2 Å². The molecule has 5 N–H and O–H groups in total. The van der Waals surface area contributed by atoms with E-state index in [2.05, 4.69) is 6.92 Å². The summed E-state index contributed by atoms with van der Waals surface area (Å²) in [5, 5.41) is 8.25. The summed E-state index contributed by atoms with van der Waals surface area (Å²) in [6.07, 6.45) is 8.17. The molecule has 0 aliphatic heterocycles. The van der Waals surface area contributed by atoms with Crippen molar-refractivity contribution in [1.29, 1.82) is 0 Å². The molecule has 88 valence electrons. The van der Waals surface area contributed by atoms with Crippen molar-refractivity contribution >= 4 is 0 Å². The van der Waals surface area contributed by atoms with Gasteiger partial charge in [-0.15, -0.1) is 0 Å². The van der Waals surface area contributed by atoms with E-state index in [1.54, 1.807) is 0 Å². The van der Waals surface area contributed by atoms with Gasteiger partial charge in [0, 0.05) is 6.61 Å². The second-order valence-corrected chi connectivity index (χ2v) is 3.42. The third-order valence-electron chi connectivity index (χ3n) is 1.92. The van der Waals surface area contributed by atoms with E-state index >= 15 is 0 Å². The lowest BCUT2D eigenvalue weighted by atomic mass is 10.2. The molecule has 0 aromatic rings. The summed E-state index contributed by atoms with van der Waals surface area (Å²) < 4.78 is 0. The lowest BCUT2D eigenvalue weighted by Crippen LogP contribution is -1.98. The maximum atomic E-state index is 8.25. The van der Waals surface area contributed by atoms with Crippen molar-refractivity contribution < 1.29 is 5.11 Å². The van der Waals surface area contributed by atoms with Crippen molar-refractivity contribution in [2.45, 2.75) is 51.9 Å². The fourth-order valence-corrected chi connectivity index (χ4v) is 1.00. The van der Waals surface area contributed by atoms with Gasteiger partial charge in [0.05, 0.1) is 0 Å². The van der Waals surface area contributed by atoms with Crippen LogP contribution in [0.5, 0.6) is 0 Å². The van der Waals surface area contributed by atoms with Crippen LogP contribution in [0.4, 0.5) is 0 Å². The van der Waals surface area contributed by atoms with E-state index in [1.807, 2.05) is 0 Å². The number of rotatable bonds is 8. The number of aliphatic hydroxyl groups is 1. The van der Waals surface area contributed by atoms with Crippen molar-refractivity contribution in [3.8, 4) is 0 Å². The normalized spacial score (nSPS) is 9.43. The smallest absolute Gasteiger partial charge is 0.0431 e. The molecular weight excluding hydrogens is 176 g/mol. The minimum absolute atomic E-state index is 0.306. The molecule has 0 atom stereocenters. The van der Waals surface area contributed by atoms with Crippen LogP contribution >= 0.6 is 0 Å². The van der Waals surface area contributed by atoms with Gasteiger partial charge in [-0.05, 0) is 38.8 Å². The molecule has 0 saturated carbocycles. The van der Waals surface area contributed by atoms with Crippen molar-refractivity contribution in [3.05, 3.63) is 0 Å². The predicted octanol–water partition coefficient (Wildman–Crippen LogP) is 1.63. The molecule has 0 aromatic heterocycles. The van der Waals surface area contributed by atoms with Gasteiger partial charge in [0.15, 0.2) is 0 Å². The van der Waals surface area contributed by atoms with E-state index in [4.69, 9.17) is 16.6 Å². The highest BCUT2D eigenvalue weighted by Gasteiger charge is 1.81. The summed E-state index contributed by atoms with van der Waals surface area (Å²) in [6, 6.07) is 0. The number of hydrogen-bond donors (Lipinski definition) is 3. The van der Waals surface area contributed by atoms with Crippen molar-refractivity contribution in [3.63, 3.8) is 0 Å². The predicted molar refractivity (Wildman–Crippen MR) is 63.2 cm³/mol. The van der Waals surface area contributed by atoms with Gasteiger partial charge in [0.1, 0.15) is 0 Å². The molecule has 3 nitrogen and oxygen atoms in total. The van der Waals surface area contributed by atoms with E-state index in [1.165, 1.54) is 25.7 Å². The number of hydrogen-bond acceptors (Lipinski definition) is 3. The quantitative estimate of drug-likeness (QED) is 0.526. The standard InChI is InChI=1S/C6H15N.C5H13NO/c1-2-3-4-5-6-7;6-4-2-1-3-5-7/h2-7H2,1H3;7H,1-6H2. The van der Waals surface area contributed by atoms with Crippen molar-refractivity contribution in [1.82, 2.24) is 0 Å².